The van der Waals surface area contributed by atoms with Gasteiger partial charge in [0, 0.05) is 34.9 Å². The number of hydrogen-bond donors (Lipinski definition) is 1. The average Bonchev–Trinajstić information content (AvgIpc) is 3.39. The molecule has 0 atom stereocenters. The Labute approximate surface area is 192 Å². The molecule has 2 aromatic carbocycles. The molecule has 6 nitrogen and oxygen atoms in total. The van der Waals surface area contributed by atoms with E-state index in [1.807, 2.05) is 12.1 Å². The maximum Gasteiger partial charge on any atom is 0.268 e. The van der Waals surface area contributed by atoms with Gasteiger partial charge in [0.05, 0.1) is 17.3 Å². The molecule has 3 heterocycles. The average molecular weight is 464 g/mol. The Morgan fingerprint density at radius 1 is 1.03 bits per heavy atom. The van der Waals surface area contributed by atoms with E-state index in [4.69, 9.17) is 27.6 Å². The van der Waals surface area contributed by atoms with Gasteiger partial charge < -0.3 is 14.1 Å². The molecule has 0 aliphatic heterocycles. The number of hydrogen-bond acceptors (Lipinski definition) is 5. The number of pyridine rings is 1. The predicted octanol–water partition coefficient (Wildman–Crippen LogP) is 5.98. The summed E-state index contributed by atoms with van der Waals surface area (Å²) in [5.41, 5.74) is 2.62. The molecule has 8 heteroatoms. The zero-order valence-electron chi connectivity index (χ0n) is 16.5. The lowest BCUT2D eigenvalue weighted by Gasteiger charge is -2.08. The fourth-order valence-electron chi connectivity index (χ4n) is 3.59. The van der Waals surface area contributed by atoms with Crippen molar-refractivity contribution in [3.05, 3.63) is 100 Å². The normalized spacial score (nSPS) is 11.2. The molecule has 0 radical (unpaired) electrons. The Kier molecular flexibility index (Phi) is 5.17. The number of oxazole rings is 1. The summed E-state index contributed by atoms with van der Waals surface area (Å²) in [5.74, 6) is -0.0929. The fourth-order valence-corrected chi connectivity index (χ4v) is 4.05. The molecule has 5 aromatic rings. The van der Waals surface area contributed by atoms with E-state index in [9.17, 15) is 9.90 Å². The highest BCUT2D eigenvalue weighted by molar-refractivity contribution is 6.36. The SMILES string of the molecule is O=C(c1ncc(-c2ccncc2)o1)c1c(Cl)n(Cc2ccc(Cl)cc2)c2ccc(O)cc12. The largest absolute Gasteiger partial charge is 0.508 e. The van der Waals surface area contributed by atoms with Gasteiger partial charge in [-0.25, -0.2) is 4.98 Å². The summed E-state index contributed by atoms with van der Waals surface area (Å²) < 4.78 is 7.53. The van der Waals surface area contributed by atoms with Gasteiger partial charge in [-0.2, -0.15) is 0 Å². The van der Waals surface area contributed by atoms with Crippen LogP contribution in [-0.4, -0.2) is 25.4 Å². The first-order valence-electron chi connectivity index (χ1n) is 9.67. The van der Waals surface area contributed by atoms with E-state index in [0.29, 0.717) is 28.2 Å². The number of rotatable bonds is 5. The summed E-state index contributed by atoms with van der Waals surface area (Å²) >= 11 is 12.7. The molecule has 0 amide bonds. The lowest BCUT2D eigenvalue weighted by atomic mass is 10.1. The third kappa shape index (κ3) is 3.64. The van der Waals surface area contributed by atoms with E-state index in [1.54, 1.807) is 53.4 Å². The topological polar surface area (TPSA) is 81.2 Å². The third-order valence-electron chi connectivity index (χ3n) is 5.13. The van der Waals surface area contributed by atoms with E-state index < -0.39 is 5.78 Å². The van der Waals surface area contributed by atoms with Crippen LogP contribution in [0.5, 0.6) is 5.75 Å². The maximum atomic E-state index is 13.4. The Balaban J connectivity index is 1.60. The summed E-state index contributed by atoms with van der Waals surface area (Å²) in [6, 6.07) is 15.7. The van der Waals surface area contributed by atoms with Gasteiger partial charge in [0.25, 0.3) is 11.7 Å². The second-order valence-corrected chi connectivity index (χ2v) is 7.97. The first-order valence-corrected chi connectivity index (χ1v) is 10.4. The summed E-state index contributed by atoms with van der Waals surface area (Å²) in [6.07, 6.45) is 4.74. The number of fused-ring (bicyclic) bond motifs is 1. The van der Waals surface area contributed by atoms with Crippen molar-refractivity contribution >= 4 is 39.9 Å². The summed E-state index contributed by atoms with van der Waals surface area (Å²) in [7, 11) is 0. The van der Waals surface area contributed by atoms with Crippen LogP contribution in [0.15, 0.2) is 77.6 Å². The highest BCUT2D eigenvalue weighted by Gasteiger charge is 2.26. The summed E-state index contributed by atoms with van der Waals surface area (Å²) in [4.78, 5) is 21.5. The second-order valence-electron chi connectivity index (χ2n) is 7.17. The van der Waals surface area contributed by atoms with Crippen LogP contribution >= 0.6 is 23.2 Å². The molecule has 5 rings (SSSR count). The molecule has 0 fully saturated rings. The number of aromatic hydroxyl groups is 1. The van der Waals surface area contributed by atoms with E-state index in [1.165, 1.54) is 12.3 Å². The van der Waals surface area contributed by atoms with Gasteiger partial charge in [-0.1, -0.05) is 35.3 Å². The third-order valence-corrected chi connectivity index (χ3v) is 5.77. The molecular formula is C24H15Cl2N3O3. The minimum absolute atomic E-state index is 0.0248. The molecule has 0 saturated heterocycles. The molecule has 3 aromatic heterocycles. The van der Waals surface area contributed by atoms with Gasteiger partial charge in [0.15, 0.2) is 5.76 Å². The maximum absolute atomic E-state index is 13.4. The predicted molar refractivity (Wildman–Crippen MR) is 122 cm³/mol. The minimum Gasteiger partial charge on any atom is -0.508 e. The first-order chi connectivity index (χ1) is 15.5. The molecule has 158 valence electrons. The van der Waals surface area contributed by atoms with Gasteiger partial charge in [0.2, 0.25) is 0 Å². The highest BCUT2D eigenvalue weighted by Crippen LogP contribution is 2.35. The molecule has 0 saturated carbocycles. The molecule has 0 aliphatic carbocycles. The Bertz CT molecular complexity index is 1440. The number of benzene rings is 2. The smallest absolute Gasteiger partial charge is 0.268 e. The minimum atomic E-state index is -0.472. The Morgan fingerprint density at radius 2 is 1.78 bits per heavy atom. The van der Waals surface area contributed by atoms with Gasteiger partial charge in [0.1, 0.15) is 10.9 Å². The van der Waals surface area contributed by atoms with Gasteiger partial charge in [-0.3, -0.25) is 9.78 Å². The number of phenolic OH excluding ortho intramolecular Hbond substituents is 1. The number of phenols is 1. The van der Waals surface area contributed by atoms with Crippen molar-refractivity contribution in [2.45, 2.75) is 6.54 Å². The standard InChI is InChI=1S/C24H15Cl2N3O3/c25-16-3-1-14(2-4-16)13-29-19-6-5-17(30)11-18(19)21(23(29)26)22(31)24-28-12-20(32-24)15-7-9-27-10-8-15/h1-12,30H,13H2. The van der Waals surface area contributed by atoms with Crippen LogP contribution in [0.4, 0.5) is 0 Å². The number of carbonyl (C=O) groups excluding carboxylic acids is 1. The second kappa shape index (κ2) is 8.15. The fraction of sp³-hybridized carbons (Fsp3) is 0.0417. The number of ketones is 1. The molecule has 32 heavy (non-hydrogen) atoms. The molecular weight excluding hydrogens is 449 g/mol. The zero-order valence-corrected chi connectivity index (χ0v) is 18.0. The van der Waals surface area contributed by atoms with Crippen molar-refractivity contribution in [3.8, 4) is 17.1 Å². The van der Waals surface area contributed by atoms with Crippen molar-refractivity contribution < 1.29 is 14.3 Å². The quantitative estimate of drug-likeness (QED) is 0.324. The van der Waals surface area contributed by atoms with Crippen LogP contribution in [-0.2, 0) is 6.54 Å². The lowest BCUT2D eigenvalue weighted by Crippen LogP contribution is -2.04. The van der Waals surface area contributed by atoms with Gasteiger partial charge in [-0.15, -0.1) is 0 Å². The molecule has 0 bridgehead atoms. The summed E-state index contributed by atoms with van der Waals surface area (Å²) in [5, 5.41) is 11.4. The van der Waals surface area contributed by atoms with E-state index >= 15 is 0 Å². The van der Waals surface area contributed by atoms with Gasteiger partial charge >= 0.3 is 0 Å². The number of nitrogens with zero attached hydrogens (tertiary/aromatic N) is 3. The van der Waals surface area contributed by atoms with Crippen molar-refractivity contribution in [1.82, 2.24) is 14.5 Å². The number of aromatic nitrogens is 3. The zero-order chi connectivity index (χ0) is 22.2. The Hall–Kier alpha value is -3.61. The van der Waals surface area contributed by atoms with Crippen LogP contribution in [0, 0.1) is 0 Å². The van der Waals surface area contributed by atoms with Gasteiger partial charge in [-0.05, 0) is 48.0 Å². The van der Waals surface area contributed by atoms with Crippen molar-refractivity contribution in [3.63, 3.8) is 0 Å². The molecule has 0 aliphatic rings. The van der Waals surface area contributed by atoms with Crippen LogP contribution in [0.25, 0.3) is 22.2 Å². The van der Waals surface area contributed by atoms with Crippen LogP contribution in [0.3, 0.4) is 0 Å². The van der Waals surface area contributed by atoms with E-state index in [-0.39, 0.29) is 22.4 Å². The first kappa shape index (κ1) is 20.3. The molecule has 0 spiro atoms. The number of carbonyl (C=O) groups is 1. The van der Waals surface area contributed by atoms with Crippen LogP contribution in [0.2, 0.25) is 10.2 Å². The van der Waals surface area contributed by atoms with Crippen molar-refractivity contribution in [1.29, 1.82) is 0 Å². The highest BCUT2D eigenvalue weighted by atomic mass is 35.5. The monoisotopic (exact) mass is 463 g/mol. The Morgan fingerprint density at radius 3 is 2.53 bits per heavy atom. The van der Waals surface area contributed by atoms with Crippen molar-refractivity contribution in [2.75, 3.05) is 0 Å². The van der Waals surface area contributed by atoms with Crippen molar-refractivity contribution in [2.24, 2.45) is 0 Å². The lowest BCUT2D eigenvalue weighted by molar-refractivity contribution is 0.100. The summed E-state index contributed by atoms with van der Waals surface area (Å²) in [6.45, 7) is 0.415. The van der Waals surface area contributed by atoms with Crippen LogP contribution < -0.4 is 0 Å². The van der Waals surface area contributed by atoms with E-state index in [0.717, 1.165) is 11.1 Å². The molecule has 1 N–H and O–H groups in total. The van der Waals surface area contributed by atoms with Crippen LogP contribution in [0.1, 0.15) is 21.8 Å². The number of halogens is 2. The molecule has 0 unspecified atom stereocenters. The van der Waals surface area contributed by atoms with E-state index in [2.05, 4.69) is 9.97 Å².